The second-order valence-electron chi connectivity index (χ2n) is 9.14. The summed E-state index contributed by atoms with van der Waals surface area (Å²) in [7, 11) is 0. The molecular weight excluding hydrogens is 358 g/mol. The van der Waals surface area contributed by atoms with Crippen molar-refractivity contribution in [1.82, 2.24) is 4.90 Å². The van der Waals surface area contributed by atoms with Gasteiger partial charge in [0.2, 0.25) is 0 Å². The molecule has 2 aliphatic rings. The van der Waals surface area contributed by atoms with E-state index in [9.17, 15) is 9.90 Å². The van der Waals surface area contributed by atoms with Gasteiger partial charge in [-0.3, -0.25) is 9.69 Å². The first-order valence-corrected chi connectivity index (χ1v) is 11.3. The molecule has 0 saturated carbocycles. The van der Waals surface area contributed by atoms with Gasteiger partial charge in [0.15, 0.2) is 0 Å². The molecule has 0 spiro atoms. The van der Waals surface area contributed by atoms with E-state index < -0.39 is 5.97 Å². The van der Waals surface area contributed by atoms with Crippen LogP contribution in [0, 0.1) is 31.6 Å². The van der Waals surface area contributed by atoms with Crippen molar-refractivity contribution >= 4 is 5.97 Å². The normalized spacial score (nSPS) is 26.2. The summed E-state index contributed by atoms with van der Waals surface area (Å²) < 4.78 is 0. The lowest BCUT2D eigenvalue weighted by atomic mass is 9.71. The lowest BCUT2D eigenvalue weighted by Crippen LogP contribution is -2.52. The average molecular weight is 396 g/mol. The van der Waals surface area contributed by atoms with E-state index in [-0.39, 0.29) is 17.9 Å². The molecule has 0 bridgehead atoms. The van der Waals surface area contributed by atoms with Crippen molar-refractivity contribution in [3.05, 3.63) is 58.7 Å². The lowest BCUT2D eigenvalue weighted by Gasteiger charge is -2.47. The van der Waals surface area contributed by atoms with Crippen molar-refractivity contribution < 1.29 is 9.90 Å². The van der Waals surface area contributed by atoms with E-state index in [0.717, 1.165) is 45.2 Å². The SMILES string of the molecule is CCCC(C(=O)O)[C@@H]1CCCN(Cc2cc(C)ccc2C)[C@H]1C1C=CC(C)=CC1. The molecule has 1 aliphatic carbocycles. The number of carboxylic acid groups (broad SMARTS) is 1. The number of carbonyl (C=O) groups is 1. The first kappa shape index (κ1) is 21.8. The van der Waals surface area contributed by atoms with Gasteiger partial charge in [-0.1, -0.05) is 60.9 Å². The Bertz CT molecular complexity index is 779. The molecular formula is C26H37NO2. The maximum atomic E-state index is 12.2. The number of rotatable bonds is 7. The van der Waals surface area contributed by atoms with E-state index in [2.05, 4.69) is 69.0 Å². The maximum Gasteiger partial charge on any atom is 0.306 e. The zero-order valence-corrected chi connectivity index (χ0v) is 18.5. The van der Waals surface area contributed by atoms with Crippen LogP contribution in [0.5, 0.6) is 0 Å². The van der Waals surface area contributed by atoms with Gasteiger partial charge in [0, 0.05) is 12.6 Å². The van der Waals surface area contributed by atoms with Crippen molar-refractivity contribution in [2.75, 3.05) is 6.54 Å². The number of hydrogen-bond acceptors (Lipinski definition) is 2. The Balaban J connectivity index is 1.93. The molecule has 4 atom stereocenters. The van der Waals surface area contributed by atoms with Crippen LogP contribution in [-0.2, 0) is 11.3 Å². The molecule has 3 nitrogen and oxygen atoms in total. The summed E-state index contributed by atoms with van der Waals surface area (Å²) in [6.45, 7) is 10.6. The minimum Gasteiger partial charge on any atom is -0.481 e. The van der Waals surface area contributed by atoms with Gasteiger partial charge < -0.3 is 5.11 Å². The molecule has 1 heterocycles. The van der Waals surface area contributed by atoms with Crippen molar-refractivity contribution in [3.63, 3.8) is 0 Å². The lowest BCUT2D eigenvalue weighted by molar-refractivity contribution is -0.146. The molecule has 3 heteroatoms. The molecule has 2 unspecified atom stereocenters. The summed E-state index contributed by atoms with van der Waals surface area (Å²) in [5.41, 5.74) is 5.32. The second-order valence-corrected chi connectivity index (χ2v) is 9.14. The van der Waals surface area contributed by atoms with E-state index >= 15 is 0 Å². The molecule has 1 saturated heterocycles. The molecule has 0 amide bonds. The van der Waals surface area contributed by atoms with E-state index in [0.29, 0.717) is 5.92 Å². The third kappa shape index (κ3) is 5.19. The van der Waals surface area contributed by atoms with E-state index in [1.165, 1.54) is 22.3 Å². The van der Waals surface area contributed by atoms with E-state index in [1.54, 1.807) is 0 Å². The van der Waals surface area contributed by atoms with Crippen LogP contribution in [0.2, 0.25) is 0 Å². The number of benzene rings is 1. The maximum absolute atomic E-state index is 12.2. The first-order chi connectivity index (χ1) is 13.9. The van der Waals surface area contributed by atoms with E-state index in [4.69, 9.17) is 0 Å². The van der Waals surface area contributed by atoms with Crippen molar-refractivity contribution in [3.8, 4) is 0 Å². The zero-order chi connectivity index (χ0) is 21.0. The Morgan fingerprint density at radius 1 is 1.28 bits per heavy atom. The molecule has 1 aromatic rings. The Hall–Kier alpha value is -1.87. The summed E-state index contributed by atoms with van der Waals surface area (Å²) in [4.78, 5) is 14.8. The van der Waals surface area contributed by atoms with Gasteiger partial charge in [0.1, 0.15) is 0 Å². The minimum atomic E-state index is -0.609. The van der Waals surface area contributed by atoms with Gasteiger partial charge in [0.05, 0.1) is 5.92 Å². The van der Waals surface area contributed by atoms with Crippen molar-refractivity contribution in [1.29, 1.82) is 0 Å². The van der Waals surface area contributed by atoms with Gasteiger partial charge in [-0.2, -0.15) is 0 Å². The predicted molar refractivity (Wildman–Crippen MR) is 120 cm³/mol. The Labute approximate surface area is 176 Å². The van der Waals surface area contributed by atoms with Gasteiger partial charge >= 0.3 is 5.97 Å². The average Bonchev–Trinajstić information content (AvgIpc) is 2.69. The third-order valence-electron chi connectivity index (χ3n) is 6.91. The monoisotopic (exact) mass is 395 g/mol. The number of allylic oxidation sites excluding steroid dienone is 3. The van der Waals surface area contributed by atoms with Gasteiger partial charge in [-0.15, -0.1) is 0 Å². The number of piperidine rings is 1. The summed E-state index contributed by atoms with van der Waals surface area (Å²) in [6.07, 6.45) is 11.7. The number of aryl methyl sites for hydroxylation is 2. The summed E-state index contributed by atoms with van der Waals surface area (Å²) in [5, 5.41) is 10.0. The fraction of sp³-hybridized carbons (Fsp3) is 0.577. The Morgan fingerprint density at radius 2 is 2.07 bits per heavy atom. The van der Waals surface area contributed by atoms with Crippen LogP contribution in [0.4, 0.5) is 0 Å². The van der Waals surface area contributed by atoms with Crippen molar-refractivity contribution in [2.24, 2.45) is 17.8 Å². The molecule has 29 heavy (non-hydrogen) atoms. The van der Waals surface area contributed by atoms with Crippen LogP contribution in [0.3, 0.4) is 0 Å². The van der Waals surface area contributed by atoms with Crippen LogP contribution in [0.25, 0.3) is 0 Å². The highest BCUT2D eigenvalue weighted by Gasteiger charge is 2.42. The quantitative estimate of drug-likeness (QED) is 0.624. The van der Waals surface area contributed by atoms with Gasteiger partial charge in [0.25, 0.3) is 0 Å². The van der Waals surface area contributed by atoms with Crippen molar-refractivity contribution in [2.45, 2.75) is 72.4 Å². The zero-order valence-electron chi connectivity index (χ0n) is 18.5. The number of nitrogens with zero attached hydrogens (tertiary/aromatic N) is 1. The number of carboxylic acids is 1. The molecule has 3 rings (SSSR count). The first-order valence-electron chi connectivity index (χ1n) is 11.3. The molecule has 0 aromatic heterocycles. The Kier molecular flexibility index (Phi) is 7.34. The summed E-state index contributed by atoms with van der Waals surface area (Å²) in [6, 6.07) is 6.98. The summed E-state index contributed by atoms with van der Waals surface area (Å²) >= 11 is 0. The molecule has 0 radical (unpaired) electrons. The van der Waals surface area contributed by atoms with Crippen LogP contribution in [-0.4, -0.2) is 28.6 Å². The fourth-order valence-electron chi connectivity index (χ4n) is 5.35. The predicted octanol–water partition coefficient (Wildman–Crippen LogP) is 5.91. The smallest absolute Gasteiger partial charge is 0.306 e. The number of aliphatic carboxylic acids is 1. The number of hydrogen-bond donors (Lipinski definition) is 1. The molecule has 1 N–H and O–H groups in total. The minimum absolute atomic E-state index is 0.216. The largest absolute Gasteiger partial charge is 0.481 e. The standard InChI is InChI=1S/C26H37NO2/c1-5-7-24(26(28)29)23-8-6-15-27(17-22-16-19(3)9-12-20(22)4)25(23)21-13-10-18(2)11-14-21/h9-13,16,21,23-25H,5-8,14-15,17H2,1-4H3,(H,28,29)/t21?,23-,24?,25-/m0/s1. The molecule has 1 aliphatic heterocycles. The third-order valence-corrected chi connectivity index (χ3v) is 6.91. The fourth-order valence-corrected chi connectivity index (χ4v) is 5.35. The number of likely N-dealkylation sites (tertiary alicyclic amines) is 1. The van der Waals surface area contributed by atoms with Gasteiger partial charge in [-0.25, -0.2) is 0 Å². The van der Waals surface area contributed by atoms with Crippen LogP contribution < -0.4 is 0 Å². The topological polar surface area (TPSA) is 40.5 Å². The second kappa shape index (κ2) is 9.75. The molecule has 158 valence electrons. The van der Waals surface area contributed by atoms with E-state index in [1.807, 2.05) is 0 Å². The Morgan fingerprint density at radius 3 is 2.72 bits per heavy atom. The highest BCUT2D eigenvalue weighted by Crippen LogP contribution is 2.40. The van der Waals surface area contributed by atoms with Crippen LogP contribution in [0.1, 0.15) is 62.6 Å². The highest BCUT2D eigenvalue weighted by atomic mass is 16.4. The molecule has 1 fully saturated rings. The molecule has 1 aromatic carbocycles. The van der Waals surface area contributed by atoms with Crippen LogP contribution in [0.15, 0.2) is 42.0 Å². The highest BCUT2D eigenvalue weighted by molar-refractivity contribution is 5.70. The van der Waals surface area contributed by atoms with Crippen LogP contribution >= 0.6 is 0 Å². The van der Waals surface area contributed by atoms with Gasteiger partial charge in [-0.05, 0) is 76.0 Å². The summed E-state index contributed by atoms with van der Waals surface area (Å²) in [5.74, 6) is -0.241.